The zero-order valence-electron chi connectivity index (χ0n) is 11.3. The first-order valence-electron chi connectivity index (χ1n) is 6.85. The Labute approximate surface area is 112 Å². The summed E-state index contributed by atoms with van der Waals surface area (Å²) in [7, 11) is 0. The molecule has 0 radical (unpaired) electrons. The highest BCUT2D eigenvalue weighted by Crippen LogP contribution is 2.36. The predicted molar refractivity (Wildman–Crippen MR) is 73.4 cm³/mol. The van der Waals surface area contributed by atoms with Crippen molar-refractivity contribution in [1.82, 2.24) is 0 Å². The van der Waals surface area contributed by atoms with Gasteiger partial charge in [0.05, 0.1) is 0 Å². The van der Waals surface area contributed by atoms with Crippen molar-refractivity contribution in [1.29, 1.82) is 0 Å². The maximum Gasteiger partial charge on any atom is 0.226 e. The van der Waals surface area contributed by atoms with Crippen LogP contribution in [0.2, 0.25) is 0 Å². The van der Waals surface area contributed by atoms with Gasteiger partial charge in [-0.05, 0) is 50.8 Å². The van der Waals surface area contributed by atoms with E-state index in [1.54, 1.807) is 0 Å². The Bertz CT molecular complexity index is 607. The largest absolute Gasteiger partial charge is 0.453 e. The second kappa shape index (κ2) is 4.82. The third-order valence-electron chi connectivity index (χ3n) is 3.57. The number of hydrogen-bond donors (Lipinski definition) is 0. The van der Waals surface area contributed by atoms with E-state index >= 15 is 0 Å². The van der Waals surface area contributed by atoms with Gasteiger partial charge in [-0.15, -0.1) is 0 Å². The Morgan fingerprint density at radius 3 is 2.89 bits per heavy atom. The van der Waals surface area contributed by atoms with Crippen molar-refractivity contribution in [2.75, 3.05) is 6.61 Å². The monoisotopic (exact) mass is 258 g/mol. The van der Waals surface area contributed by atoms with Crippen molar-refractivity contribution in [3.8, 4) is 0 Å². The van der Waals surface area contributed by atoms with Gasteiger partial charge in [-0.1, -0.05) is 11.6 Å². The fourth-order valence-corrected chi connectivity index (χ4v) is 2.43. The van der Waals surface area contributed by atoms with Crippen molar-refractivity contribution in [3.63, 3.8) is 0 Å². The molecule has 3 rings (SSSR count). The number of Topliss-reactive ketones (excluding diaryl/α,β-unsaturated/α-hetero) is 1. The summed E-state index contributed by atoms with van der Waals surface area (Å²) in [5.41, 5.74) is 1.93. The number of rotatable bonds is 5. The molecular weight excluding hydrogens is 240 g/mol. The van der Waals surface area contributed by atoms with Crippen molar-refractivity contribution < 1.29 is 13.9 Å². The molecule has 1 aliphatic carbocycles. The molecule has 1 aromatic carbocycles. The first-order valence-corrected chi connectivity index (χ1v) is 6.85. The molecule has 0 amide bonds. The molecule has 0 saturated heterocycles. The van der Waals surface area contributed by atoms with Gasteiger partial charge in [0.25, 0.3) is 0 Å². The third kappa shape index (κ3) is 2.43. The van der Waals surface area contributed by atoms with Crippen LogP contribution < -0.4 is 0 Å². The van der Waals surface area contributed by atoms with Crippen LogP contribution >= 0.6 is 0 Å². The molecule has 19 heavy (non-hydrogen) atoms. The molecule has 1 heterocycles. The highest BCUT2D eigenvalue weighted by molar-refractivity contribution is 6.00. The van der Waals surface area contributed by atoms with E-state index in [-0.39, 0.29) is 11.9 Å². The average Bonchev–Trinajstić information content (AvgIpc) is 3.14. The molecule has 2 aromatic rings. The number of ether oxygens (including phenoxy) is 1. The third-order valence-corrected chi connectivity index (χ3v) is 3.57. The molecule has 1 fully saturated rings. The van der Waals surface area contributed by atoms with Gasteiger partial charge in [-0.25, -0.2) is 0 Å². The Hall–Kier alpha value is -1.61. The van der Waals surface area contributed by atoms with Crippen molar-refractivity contribution >= 4 is 16.8 Å². The standard InChI is InChI=1S/C16H18O3/c1-3-18-16(11-5-6-11)15(17)14-9-12-8-10(2)4-7-13(12)19-14/h4,7-9,11,16H,3,5-6H2,1-2H3. The Kier molecular flexibility index (Phi) is 3.15. The number of carbonyl (C=O) groups is 1. The first kappa shape index (κ1) is 12.4. The molecule has 1 unspecified atom stereocenters. The Morgan fingerprint density at radius 1 is 1.42 bits per heavy atom. The molecule has 100 valence electrons. The van der Waals surface area contributed by atoms with E-state index in [1.807, 2.05) is 38.1 Å². The van der Waals surface area contributed by atoms with Crippen molar-refractivity contribution in [3.05, 3.63) is 35.6 Å². The molecule has 0 aliphatic heterocycles. The molecule has 1 aromatic heterocycles. The summed E-state index contributed by atoms with van der Waals surface area (Å²) >= 11 is 0. The summed E-state index contributed by atoms with van der Waals surface area (Å²) in [6.45, 7) is 4.51. The molecular formula is C16H18O3. The number of ketones is 1. The summed E-state index contributed by atoms with van der Waals surface area (Å²) in [4.78, 5) is 12.5. The van der Waals surface area contributed by atoms with E-state index in [1.165, 1.54) is 0 Å². The van der Waals surface area contributed by atoms with Crippen LogP contribution in [0, 0.1) is 12.8 Å². The number of aryl methyl sites for hydroxylation is 1. The fourth-order valence-electron chi connectivity index (χ4n) is 2.43. The van der Waals surface area contributed by atoms with Crippen molar-refractivity contribution in [2.45, 2.75) is 32.8 Å². The van der Waals surface area contributed by atoms with Crippen molar-refractivity contribution in [2.24, 2.45) is 5.92 Å². The second-order valence-electron chi connectivity index (χ2n) is 5.23. The zero-order valence-corrected chi connectivity index (χ0v) is 11.3. The molecule has 3 heteroatoms. The van der Waals surface area contributed by atoms with Crippen LogP contribution in [0.5, 0.6) is 0 Å². The lowest BCUT2D eigenvalue weighted by Gasteiger charge is -2.13. The van der Waals surface area contributed by atoms with Gasteiger partial charge in [0, 0.05) is 12.0 Å². The SMILES string of the molecule is CCOC(C(=O)c1cc2cc(C)ccc2o1)C1CC1. The number of furan rings is 1. The van der Waals surface area contributed by atoms with Gasteiger partial charge in [0.1, 0.15) is 11.7 Å². The van der Waals surface area contributed by atoms with Crippen LogP contribution in [0.15, 0.2) is 28.7 Å². The van der Waals surface area contributed by atoms with Gasteiger partial charge in [-0.2, -0.15) is 0 Å². The lowest BCUT2D eigenvalue weighted by molar-refractivity contribution is 0.0353. The molecule has 0 spiro atoms. The molecule has 0 bridgehead atoms. The van der Waals surface area contributed by atoms with Gasteiger partial charge >= 0.3 is 0 Å². The van der Waals surface area contributed by atoms with E-state index in [0.29, 0.717) is 18.3 Å². The minimum Gasteiger partial charge on any atom is -0.453 e. The molecule has 1 aliphatic rings. The topological polar surface area (TPSA) is 39.4 Å². The summed E-state index contributed by atoms with van der Waals surface area (Å²) in [5.74, 6) is 0.784. The minimum absolute atomic E-state index is 0.0156. The fraction of sp³-hybridized carbons (Fsp3) is 0.438. The maximum atomic E-state index is 12.5. The van der Waals surface area contributed by atoms with E-state index in [4.69, 9.17) is 9.15 Å². The van der Waals surface area contributed by atoms with Crippen LogP contribution in [0.4, 0.5) is 0 Å². The lowest BCUT2D eigenvalue weighted by atomic mass is 10.1. The van der Waals surface area contributed by atoms with Gasteiger partial charge in [0.2, 0.25) is 5.78 Å². The molecule has 1 saturated carbocycles. The Morgan fingerprint density at radius 2 is 2.21 bits per heavy atom. The van der Waals surface area contributed by atoms with E-state index in [9.17, 15) is 4.79 Å². The maximum absolute atomic E-state index is 12.5. The quantitative estimate of drug-likeness (QED) is 0.767. The van der Waals surface area contributed by atoms with E-state index < -0.39 is 0 Å². The van der Waals surface area contributed by atoms with Crippen LogP contribution in [0.3, 0.4) is 0 Å². The minimum atomic E-state index is -0.327. The molecule has 0 N–H and O–H groups in total. The first-order chi connectivity index (χ1) is 9.19. The average molecular weight is 258 g/mol. The molecule has 3 nitrogen and oxygen atoms in total. The smallest absolute Gasteiger partial charge is 0.226 e. The predicted octanol–water partition coefficient (Wildman–Crippen LogP) is 3.74. The second-order valence-corrected chi connectivity index (χ2v) is 5.23. The van der Waals surface area contributed by atoms with Crippen LogP contribution in [0.1, 0.15) is 35.9 Å². The van der Waals surface area contributed by atoms with Crippen LogP contribution in [0.25, 0.3) is 11.0 Å². The highest BCUT2D eigenvalue weighted by atomic mass is 16.5. The summed E-state index contributed by atoms with van der Waals surface area (Å²) in [5, 5.41) is 0.981. The number of benzene rings is 1. The summed E-state index contributed by atoms with van der Waals surface area (Å²) in [6, 6.07) is 7.76. The van der Waals surface area contributed by atoms with E-state index in [2.05, 4.69) is 0 Å². The highest BCUT2D eigenvalue weighted by Gasteiger charge is 2.38. The van der Waals surface area contributed by atoms with Gasteiger partial charge in [-0.3, -0.25) is 4.79 Å². The molecule has 1 atom stereocenters. The Balaban J connectivity index is 1.91. The zero-order chi connectivity index (χ0) is 13.4. The lowest BCUT2D eigenvalue weighted by Crippen LogP contribution is -2.26. The summed E-state index contributed by atoms with van der Waals surface area (Å²) < 4.78 is 11.3. The normalized spacial score (nSPS) is 16.7. The van der Waals surface area contributed by atoms with Crippen LogP contribution in [-0.4, -0.2) is 18.5 Å². The van der Waals surface area contributed by atoms with E-state index in [0.717, 1.165) is 29.4 Å². The summed E-state index contributed by atoms with van der Waals surface area (Å²) in [6.07, 6.45) is 1.83. The van der Waals surface area contributed by atoms with Gasteiger partial charge < -0.3 is 9.15 Å². The number of fused-ring (bicyclic) bond motifs is 1. The van der Waals surface area contributed by atoms with Crippen LogP contribution in [-0.2, 0) is 4.74 Å². The number of carbonyl (C=O) groups excluding carboxylic acids is 1. The van der Waals surface area contributed by atoms with Gasteiger partial charge in [0.15, 0.2) is 5.76 Å². The number of hydrogen-bond acceptors (Lipinski definition) is 3.